The number of esters is 1. The van der Waals surface area contributed by atoms with E-state index in [-0.39, 0.29) is 22.4 Å². The minimum absolute atomic E-state index is 0.00172. The molecule has 1 aliphatic heterocycles. The fourth-order valence-electron chi connectivity index (χ4n) is 3.06. The van der Waals surface area contributed by atoms with E-state index in [1.54, 1.807) is 4.90 Å². The van der Waals surface area contributed by atoms with Crippen LogP contribution in [0.5, 0.6) is 0 Å². The van der Waals surface area contributed by atoms with Gasteiger partial charge < -0.3 is 9.64 Å². The first-order valence-electron chi connectivity index (χ1n) is 8.49. The van der Waals surface area contributed by atoms with Crippen LogP contribution in [0.25, 0.3) is 0 Å². The third-order valence-electron chi connectivity index (χ3n) is 4.50. The Hall–Kier alpha value is -1.45. The zero-order chi connectivity index (χ0) is 19.5. The van der Waals surface area contributed by atoms with Crippen LogP contribution in [0.3, 0.4) is 0 Å². The second-order valence-electron chi connectivity index (χ2n) is 6.32. The number of piperidine rings is 1. The molecule has 1 aliphatic rings. The first-order chi connectivity index (χ1) is 12.1. The predicted octanol–water partition coefficient (Wildman–Crippen LogP) is 2.43. The molecule has 26 heavy (non-hydrogen) atoms. The van der Waals surface area contributed by atoms with Crippen molar-refractivity contribution in [2.45, 2.75) is 56.6 Å². The molecule has 0 spiro atoms. The molecule has 1 heterocycles. The van der Waals surface area contributed by atoms with Gasteiger partial charge in [0.2, 0.25) is 10.0 Å². The molecule has 9 heteroatoms. The molecule has 0 saturated carbocycles. The third kappa shape index (κ3) is 4.83. The summed E-state index contributed by atoms with van der Waals surface area (Å²) < 4.78 is 28.6. The number of sulfonamides is 1. The van der Waals surface area contributed by atoms with Gasteiger partial charge in [-0.2, -0.15) is 0 Å². The number of nitrogens with two attached hydrogens (primary N) is 1. The Labute approximate surface area is 162 Å². The molecule has 144 valence electrons. The number of ether oxygens (including phenoxy) is 1. The Kier molecular flexibility index (Phi) is 6.81. The molecule has 1 fully saturated rings. The average molecular weight is 447 g/mol. The number of nitrogens with zero attached hydrogens (tertiary/aromatic N) is 1. The zero-order valence-corrected chi connectivity index (χ0v) is 17.2. The maximum atomic E-state index is 12.7. The normalized spacial score (nSPS) is 19.1. The lowest BCUT2D eigenvalue weighted by molar-refractivity contribution is -0.143. The summed E-state index contributed by atoms with van der Waals surface area (Å²) in [5, 5.41) is 5.10. The maximum Gasteiger partial charge on any atom is 0.340 e. The van der Waals surface area contributed by atoms with Crippen molar-refractivity contribution < 1.29 is 22.7 Å². The second-order valence-corrected chi connectivity index (χ2v) is 8.74. The van der Waals surface area contributed by atoms with Crippen molar-refractivity contribution in [3.63, 3.8) is 0 Å². The fourth-order valence-corrected chi connectivity index (χ4v) is 4.01. The van der Waals surface area contributed by atoms with E-state index in [1.807, 2.05) is 6.92 Å². The van der Waals surface area contributed by atoms with Gasteiger partial charge in [0.25, 0.3) is 5.91 Å². The summed E-state index contributed by atoms with van der Waals surface area (Å²) >= 11 is 3.19. The molecule has 0 aliphatic carbocycles. The number of hydrogen-bond donors (Lipinski definition) is 1. The van der Waals surface area contributed by atoms with E-state index in [1.165, 1.54) is 19.1 Å². The first-order valence-corrected chi connectivity index (χ1v) is 10.8. The lowest BCUT2D eigenvalue weighted by Crippen LogP contribution is -2.48. The standard InChI is InChI=1S/C17H23BrN2O5S/c1-3-12-6-4-5-9-20(12)16(21)11(2)25-17(22)14-10-13(26(19,23)24)7-8-15(14)18/h7-8,10-12H,3-6,9H2,1-2H3,(H2,19,23,24). The smallest absolute Gasteiger partial charge is 0.340 e. The molecule has 1 saturated heterocycles. The number of amides is 1. The zero-order valence-electron chi connectivity index (χ0n) is 14.8. The highest BCUT2D eigenvalue weighted by Crippen LogP contribution is 2.24. The fraction of sp³-hybridized carbons (Fsp3) is 0.529. The van der Waals surface area contributed by atoms with Crippen LogP contribution < -0.4 is 5.14 Å². The summed E-state index contributed by atoms with van der Waals surface area (Å²) in [5.41, 5.74) is 0.00172. The van der Waals surface area contributed by atoms with Crippen molar-refractivity contribution in [1.82, 2.24) is 4.90 Å². The molecular formula is C17H23BrN2O5S. The van der Waals surface area contributed by atoms with Crippen molar-refractivity contribution in [3.8, 4) is 0 Å². The number of carbonyl (C=O) groups is 2. The lowest BCUT2D eigenvalue weighted by Gasteiger charge is -2.36. The molecule has 1 aromatic rings. The largest absolute Gasteiger partial charge is 0.449 e. The molecular weight excluding hydrogens is 424 g/mol. The number of likely N-dealkylation sites (tertiary alicyclic amines) is 1. The SMILES string of the molecule is CCC1CCCCN1C(=O)C(C)OC(=O)c1cc(S(N)(=O)=O)ccc1Br. The molecule has 2 N–H and O–H groups in total. The van der Waals surface area contributed by atoms with Crippen molar-refractivity contribution in [1.29, 1.82) is 0 Å². The highest BCUT2D eigenvalue weighted by molar-refractivity contribution is 9.10. The average Bonchev–Trinajstić information content (AvgIpc) is 2.60. The van der Waals surface area contributed by atoms with E-state index >= 15 is 0 Å². The van der Waals surface area contributed by atoms with Crippen LogP contribution in [0.1, 0.15) is 49.9 Å². The van der Waals surface area contributed by atoms with Gasteiger partial charge in [0, 0.05) is 17.1 Å². The second kappa shape index (κ2) is 8.49. The van der Waals surface area contributed by atoms with Crippen LogP contribution in [0.2, 0.25) is 0 Å². The Morgan fingerprint density at radius 3 is 2.69 bits per heavy atom. The van der Waals surface area contributed by atoms with E-state index in [4.69, 9.17) is 9.88 Å². The Balaban J connectivity index is 2.15. The van der Waals surface area contributed by atoms with E-state index in [0.717, 1.165) is 31.7 Å². The highest BCUT2D eigenvalue weighted by atomic mass is 79.9. The van der Waals surface area contributed by atoms with Gasteiger partial charge in [0.05, 0.1) is 10.5 Å². The van der Waals surface area contributed by atoms with Crippen molar-refractivity contribution in [2.24, 2.45) is 5.14 Å². The summed E-state index contributed by atoms with van der Waals surface area (Å²) in [6.45, 7) is 4.21. The summed E-state index contributed by atoms with van der Waals surface area (Å²) in [5.74, 6) is -1.02. The molecule has 7 nitrogen and oxygen atoms in total. The van der Waals surface area contributed by atoms with Gasteiger partial charge in [-0.1, -0.05) is 6.92 Å². The van der Waals surface area contributed by atoms with Gasteiger partial charge >= 0.3 is 5.97 Å². The van der Waals surface area contributed by atoms with Crippen molar-refractivity contribution in [3.05, 3.63) is 28.2 Å². The van der Waals surface area contributed by atoms with Gasteiger partial charge in [0.1, 0.15) is 0 Å². The third-order valence-corrected chi connectivity index (χ3v) is 6.10. The minimum Gasteiger partial charge on any atom is -0.449 e. The minimum atomic E-state index is -3.95. The van der Waals surface area contributed by atoms with Crippen LogP contribution in [0, 0.1) is 0 Å². The van der Waals surface area contributed by atoms with Gasteiger partial charge in [-0.05, 0) is 66.7 Å². The molecule has 0 bridgehead atoms. The molecule has 0 radical (unpaired) electrons. The Morgan fingerprint density at radius 2 is 2.08 bits per heavy atom. The Morgan fingerprint density at radius 1 is 1.38 bits per heavy atom. The number of carbonyl (C=O) groups excluding carboxylic acids is 2. The predicted molar refractivity (Wildman–Crippen MR) is 100 cm³/mol. The van der Waals surface area contributed by atoms with Gasteiger partial charge in [-0.25, -0.2) is 18.4 Å². The van der Waals surface area contributed by atoms with E-state index < -0.39 is 22.1 Å². The van der Waals surface area contributed by atoms with E-state index in [0.29, 0.717) is 11.0 Å². The van der Waals surface area contributed by atoms with Crippen LogP contribution in [-0.2, 0) is 19.6 Å². The number of rotatable bonds is 5. The van der Waals surface area contributed by atoms with E-state index in [2.05, 4.69) is 15.9 Å². The molecule has 0 aromatic heterocycles. The number of benzene rings is 1. The maximum absolute atomic E-state index is 12.7. The quantitative estimate of drug-likeness (QED) is 0.698. The summed E-state index contributed by atoms with van der Waals surface area (Å²) in [6, 6.07) is 3.98. The number of halogens is 1. The molecule has 1 amide bonds. The number of primary sulfonamides is 1. The van der Waals surface area contributed by atoms with Crippen molar-refractivity contribution >= 4 is 37.8 Å². The van der Waals surface area contributed by atoms with Crippen LogP contribution >= 0.6 is 15.9 Å². The molecule has 2 unspecified atom stereocenters. The lowest BCUT2D eigenvalue weighted by atomic mass is 9.99. The molecule has 1 aromatic carbocycles. The molecule has 2 rings (SSSR count). The van der Waals surface area contributed by atoms with Crippen molar-refractivity contribution in [2.75, 3.05) is 6.54 Å². The monoisotopic (exact) mass is 446 g/mol. The van der Waals surface area contributed by atoms with Gasteiger partial charge in [0.15, 0.2) is 6.10 Å². The molecule has 2 atom stereocenters. The van der Waals surface area contributed by atoms with Crippen LogP contribution in [-0.4, -0.2) is 43.9 Å². The van der Waals surface area contributed by atoms with Crippen LogP contribution in [0.15, 0.2) is 27.6 Å². The Bertz CT molecular complexity index is 796. The first kappa shape index (κ1) is 20.9. The topological polar surface area (TPSA) is 107 Å². The van der Waals surface area contributed by atoms with E-state index in [9.17, 15) is 18.0 Å². The summed E-state index contributed by atoms with van der Waals surface area (Å²) in [6.07, 6.45) is 2.87. The summed E-state index contributed by atoms with van der Waals surface area (Å²) in [4.78, 5) is 26.7. The summed E-state index contributed by atoms with van der Waals surface area (Å²) in [7, 11) is -3.95. The highest BCUT2D eigenvalue weighted by Gasteiger charge is 2.31. The van der Waals surface area contributed by atoms with Gasteiger partial charge in [-0.15, -0.1) is 0 Å². The van der Waals surface area contributed by atoms with Crippen LogP contribution in [0.4, 0.5) is 0 Å². The van der Waals surface area contributed by atoms with Gasteiger partial charge in [-0.3, -0.25) is 4.79 Å². The number of hydrogen-bond acceptors (Lipinski definition) is 5.